The van der Waals surface area contributed by atoms with E-state index in [2.05, 4.69) is 17.1 Å². The van der Waals surface area contributed by atoms with Gasteiger partial charge in [0.05, 0.1) is 6.61 Å². The Labute approximate surface area is 188 Å². The summed E-state index contributed by atoms with van der Waals surface area (Å²) in [6.07, 6.45) is 6.03. The van der Waals surface area contributed by atoms with Crippen molar-refractivity contribution < 1.29 is 9.53 Å². The molecule has 2 heterocycles. The van der Waals surface area contributed by atoms with E-state index in [9.17, 15) is 4.79 Å². The lowest BCUT2D eigenvalue weighted by atomic mass is 9.90. The van der Waals surface area contributed by atoms with Crippen molar-refractivity contribution in [3.05, 3.63) is 76.8 Å². The molecule has 1 aliphatic rings. The quantitative estimate of drug-likeness (QED) is 0.504. The van der Waals surface area contributed by atoms with E-state index >= 15 is 0 Å². The van der Waals surface area contributed by atoms with E-state index < -0.39 is 0 Å². The number of amides is 1. The Morgan fingerprint density at radius 2 is 1.81 bits per heavy atom. The molecule has 0 bridgehead atoms. The zero-order valence-electron chi connectivity index (χ0n) is 17.9. The van der Waals surface area contributed by atoms with Crippen LogP contribution >= 0.6 is 12.2 Å². The molecule has 1 saturated heterocycles. The Morgan fingerprint density at radius 3 is 2.48 bits per heavy atom. The van der Waals surface area contributed by atoms with Crippen LogP contribution in [0.5, 0.6) is 5.75 Å². The summed E-state index contributed by atoms with van der Waals surface area (Å²) >= 11 is 5.43. The number of piperidine rings is 1. The molecule has 1 N–H and O–H groups in total. The van der Waals surface area contributed by atoms with Crippen LogP contribution in [0.4, 0.5) is 0 Å². The van der Waals surface area contributed by atoms with E-state index in [0.717, 1.165) is 50.2 Å². The number of aryl methyl sites for hydroxylation is 1. The number of nitrogens with zero attached hydrogens (tertiary/aromatic N) is 2. The van der Waals surface area contributed by atoms with Crippen LogP contribution in [0, 0.1) is 10.7 Å². The van der Waals surface area contributed by atoms with Crippen LogP contribution in [-0.2, 0) is 6.42 Å². The van der Waals surface area contributed by atoms with Gasteiger partial charge in [0, 0.05) is 25.0 Å². The second-order valence-electron chi connectivity index (χ2n) is 8.00. The SMILES string of the molecule is CCOc1ccc(CCC2CCN(C(=O)c3c[nH]c(=S)n3-c3ccccc3)CC2)cc1. The zero-order valence-corrected chi connectivity index (χ0v) is 18.7. The first kappa shape index (κ1) is 21.4. The molecule has 6 heteroatoms. The number of aromatic nitrogens is 2. The van der Waals surface area contributed by atoms with Crippen LogP contribution in [0.1, 0.15) is 42.2 Å². The minimum Gasteiger partial charge on any atom is -0.494 e. The Morgan fingerprint density at radius 1 is 1.10 bits per heavy atom. The number of ether oxygens (including phenoxy) is 1. The summed E-state index contributed by atoms with van der Waals surface area (Å²) in [5.41, 5.74) is 2.85. The minimum atomic E-state index is 0.0427. The zero-order chi connectivity index (χ0) is 21.6. The Balaban J connectivity index is 1.33. The summed E-state index contributed by atoms with van der Waals surface area (Å²) in [5.74, 6) is 1.62. The third-order valence-corrected chi connectivity index (χ3v) is 6.29. The highest BCUT2D eigenvalue weighted by Crippen LogP contribution is 2.25. The topological polar surface area (TPSA) is 50.3 Å². The molecular formula is C25H29N3O2S. The minimum absolute atomic E-state index is 0.0427. The van der Waals surface area contributed by atoms with E-state index in [4.69, 9.17) is 17.0 Å². The van der Waals surface area contributed by atoms with Crippen molar-refractivity contribution in [3.63, 3.8) is 0 Å². The molecule has 0 unspecified atom stereocenters. The first-order chi connectivity index (χ1) is 15.2. The van der Waals surface area contributed by atoms with Crippen LogP contribution in [0.25, 0.3) is 5.69 Å². The molecule has 2 aromatic carbocycles. The molecule has 162 valence electrons. The van der Waals surface area contributed by atoms with Crippen molar-refractivity contribution >= 4 is 18.1 Å². The Kier molecular flexibility index (Phi) is 6.87. The van der Waals surface area contributed by atoms with Crippen molar-refractivity contribution in [3.8, 4) is 11.4 Å². The lowest BCUT2D eigenvalue weighted by molar-refractivity contribution is 0.0678. The molecule has 31 heavy (non-hydrogen) atoms. The number of hydrogen-bond acceptors (Lipinski definition) is 3. The van der Waals surface area contributed by atoms with Gasteiger partial charge in [0.15, 0.2) is 4.77 Å². The van der Waals surface area contributed by atoms with Crippen molar-refractivity contribution in [1.29, 1.82) is 0 Å². The fraction of sp³-hybridized carbons (Fsp3) is 0.360. The molecule has 1 fully saturated rings. The number of imidazole rings is 1. The number of aromatic amines is 1. The average molecular weight is 436 g/mol. The van der Waals surface area contributed by atoms with Crippen LogP contribution in [0.15, 0.2) is 60.8 Å². The van der Waals surface area contributed by atoms with Crippen LogP contribution < -0.4 is 4.74 Å². The second kappa shape index (κ2) is 9.96. The highest BCUT2D eigenvalue weighted by molar-refractivity contribution is 7.71. The van der Waals surface area contributed by atoms with Crippen LogP contribution in [0.2, 0.25) is 0 Å². The Bertz CT molecular complexity index is 1050. The van der Waals surface area contributed by atoms with Crippen molar-refractivity contribution in [2.45, 2.75) is 32.6 Å². The highest BCUT2D eigenvalue weighted by atomic mass is 32.1. The van der Waals surface area contributed by atoms with Gasteiger partial charge in [-0.15, -0.1) is 0 Å². The van der Waals surface area contributed by atoms with Gasteiger partial charge in [-0.05, 0) is 80.6 Å². The van der Waals surface area contributed by atoms with Gasteiger partial charge in [-0.3, -0.25) is 9.36 Å². The molecule has 0 spiro atoms. The van der Waals surface area contributed by atoms with Gasteiger partial charge in [0.2, 0.25) is 0 Å². The summed E-state index contributed by atoms with van der Waals surface area (Å²) in [5, 5.41) is 0. The van der Waals surface area contributed by atoms with Crippen molar-refractivity contribution in [1.82, 2.24) is 14.5 Å². The number of para-hydroxylation sites is 1. The van der Waals surface area contributed by atoms with Crippen molar-refractivity contribution in [2.24, 2.45) is 5.92 Å². The summed E-state index contributed by atoms with van der Waals surface area (Å²) in [6.45, 7) is 4.27. The van der Waals surface area contributed by atoms with E-state index in [1.165, 1.54) is 5.56 Å². The number of nitrogens with one attached hydrogen (secondary N) is 1. The molecule has 0 aliphatic carbocycles. The van der Waals surface area contributed by atoms with Gasteiger partial charge in [-0.2, -0.15) is 0 Å². The van der Waals surface area contributed by atoms with E-state index in [1.807, 2.05) is 58.9 Å². The molecule has 0 atom stereocenters. The molecule has 0 saturated carbocycles. The molecule has 1 aliphatic heterocycles. The lowest BCUT2D eigenvalue weighted by Crippen LogP contribution is -2.39. The predicted octanol–water partition coefficient (Wildman–Crippen LogP) is 5.42. The first-order valence-electron chi connectivity index (χ1n) is 11.0. The lowest BCUT2D eigenvalue weighted by Gasteiger charge is -2.32. The number of hydrogen-bond donors (Lipinski definition) is 1. The summed E-state index contributed by atoms with van der Waals surface area (Å²) in [4.78, 5) is 18.2. The van der Waals surface area contributed by atoms with Gasteiger partial charge in [-0.25, -0.2) is 0 Å². The summed E-state index contributed by atoms with van der Waals surface area (Å²) in [7, 11) is 0. The number of benzene rings is 2. The van der Waals surface area contributed by atoms with Gasteiger partial charge in [0.25, 0.3) is 5.91 Å². The number of H-pyrrole nitrogens is 1. The molecule has 5 nitrogen and oxygen atoms in total. The largest absolute Gasteiger partial charge is 0.494 e. The standard InChI is InChI=1S/C25H29N3O2S/c1-2-30-22-12-10-19(11-13-22)8-9-20-14-16-27(17-15-20)24(29)23-18-26-25(31)28(23)21-6-4-3-5-7-21/h3-7,10-13,18,20H,2,8-9,14-17H2,1H3,(H,26,31). The average Bonchev–Trinajstić information content (AvgIpc) is 3.20. The predicted molar refractivity (Wildman–Crippen MR) is 126 cm³/mol. The molecular weight excluding hydrogens is 406 g/mol. The van der Waals surface area contributed by atoms with Crippen LogP contribution in [0.3, 0.4) is 0 Å². The van der Waals surface area contributed by atoms with Crippen molar-refractivity contribution in [2.75, 3.05) is 19.7 Å². The fourth-order valence-electron chi connectivity index (χ4n) is 4.24. The maximum absolute atomic E-state index is 13.2. The van der Waals surface area contributed by atoms with Gasteiger partial charge < -0.3 is 14.6 Å². The number of carbonyl (C=O) groups excluding carboxylic acids is 1. The molecule has 4 rings (SSSR count). The molecule has 0 radical (unpaired) electrons. The first-order valence-corrected chi connectivity index (χ1v) is 11.4. The normalized spacial score (nSPS) is 14.5. The highest BCUT2D eigenvalue weighted by Gasteiger charge is 2.26. The van der Waals surface area contributed by atoms with Gasteiger partial charge >= 0.3 is 0 Å². The third-order valence-electron chi connectivity index (χ3n) is 5.99. The molecule has 3 aromatic rings. The van der Waals surface area contributed by atoms with Gasteiger partial charge in [0.1, 0.15) is 11.4 Å². The maximum Gasteiger partial charge on any atom is 0.272 e. The van der Waals surface area contributed by atoms with Gasteiger partial charge in [-0.1, -0.05) is 30.3 Å². The summed E-state index contributed by atoms with van der Waals surface area (Å²) < 4.78 is 7.89. The van der Waals surface area contributed by atoms with E-state index in [-0.39, 0.29) is 5.91 Å². The molecule has 1 aromatic heterocycles. The third kappa shape index (κ3) is 5.07. The Hall–Kier alpha value is -2.86. The van der Waals surface area contributed by atoms with E-state index in [0.29, 0.717) is 23.0 Å². The monoisotopic (exact) mass is 435 g/mol. The number of carbonyl (C=O) groups is 1. The number of rotatable bonds is 7. The van der Waals surface area contributed by atoms with E-state index in [1.54, 1.807) is 6.20 Å². The fourth-order valence-corrected chi connectivity index (χ4v) is 4.50. The number of likely N-dealkylation sites (tertiary alicyclic amines) is 1. The smallest absolute Gasteiger partial charge is 0.272 e. The molecule has 1 amide bonds. The second-order valence-corrected chi connectivity index (χ2v) is 8.39. The maximum atomic E-state index is 13.2. The summed E-state index contributed by atoms with van der Waals surface area (Å²) in [6, 6.07) is 18.2. The van der Waals surface area contributed by atoms with Crippen LogP contribution in [-0.4, -0.2) is 40.1 Å².